The Hall–Kier alpha value is -3.86. The number of rotatable bonds is 4. The lowest BCUT2D eigenvalue weighted by Crippen LogP contribution is -2.43. The van der Waals surface area contributed by atoms with Gasteiger partial charge in [-0.25, -0.2) is 9.97 Å². The maximum absolute atomic E-state index is 13.3. The topological polar surface area (TPSA) is 122 Å². The third kappa shape index (κ3) is 3.48. The van der Waals surface area contributed by atoms with E-state index in [2.05, 4.69) is 40.6 Å². The fourth-order valence-electron chi connectivity index (χ4n) is 3.76. The highest BCUT2D eigenvalue weighted by atomic mass is 16.5. The molecule has 0 radical (unpaired) electrons. The van der Waals surface area contributed by atoms with Crippen LogP contribution in [0.15, 0.2) is 30.7 Å². The van der Waals surface area contributed by atoms with Gasteiger partial charge in [-0.05, 0) is 19.1 Å². The molecule has 158 valence electrons. The van der Waals surface area contributed by atoms with Gasteiger partial charge in [-0.2, -0.15) is 19.6 Å². The number of methoxy groups -OCH3 is 1. The van der Waals surface area contributed by atoms with Crippen LogP contribution in [0, 0.1) is 6.92 Å². The number of amides is 1. The van der Waals surface area contributed by atoms with Crippen molar-refractivity contribution in [1.29, 1.82) is 0 Å². The van der Waals surface area contributed by atoms with Gasteiger partial charge in [0.1, 0.15) is 12.1 Å². The van der Waals surface area contributed by atoms with E-state index in [1.807, 2.05) is 13.0 Å². The van der Waals surface area contributed by atoms with Crippen LogP contribution >= 0.6 is 0 Å². The van der Waals surface area contributed by atoms with Gasteiger partial charge < -0.3 is 20.3 Å². The Labute approximate surface area is 177 Å². The molecular formula is C20H21N9O2. The number of nitrogens with zero attached hydrogens (tertiary/aromatic N) is 7. The summed E-state index contributed by atoms with van der Waals surface area (Å²) in [4.78, 5) is 32.7. The summed E-state index contributed by atoms with van der Waals surface area (Å²) in [6.07, 6.45) is 3.11. The summed E-state index contributed by atoms with van der Waals surface area (Å²) in [5.41, 5.74) is 2.66. The fraction of sp³-hybridized carbons (Fsp3) is 0.300. The first-order valence-corrected chi connectivity index (χ1v) is 9.92. The lowest BCUT2D eigenvalue weighted by molar-refractivity contribution is 0.102. The van der Waals surface area contributed by atoms with E-state index in [9.17, 15) is 4.79 Å². The van der Waals surface area contributed by atoms with Crippen molar-refractivity contribution in [1.82, 2.24) is 34.9 Å². The van der Waals surface area contributed by atoms with Crippen molar-refractivity contribution < 1.29 is 9.53 Å². The summed E-state index contributed by atoms with van der Waals surface area (Å²) in [7, 11) is 1.50. The number of fused-ring (bicyclic) bond motifs is 2. The molecule has 1 aromatic carbocycles. The lowest BCUT2D eigenvalue weighted by Gasteiger charge is -2.30. The van der Waals surface area contributed by atoms with Gasteiger partial charge in [0.15, 0.2) is 0 Å². The van der Waals surface area contributed by atoms with Crippen molar-refractivity contribution >= 4 is 34.1 Å². The predicted octanol–water partition coefficient (Wildman–Crippen LogP) is 1.05. The molecule has 1 amide bonds. The van der Waals surface area contributed by atoms with Crippen molar-refractivity contribution in [2.75, 3.05) is 43.5 Å². The largest absolute Gasteiger partial charge is 0.467 e. The molecule has 0 bridgehead atoms. The molecule has 1 fully saturated rings. The quantitative estimate of drug-likeness (QED) is 0.499. The number of hydrogen-bond acceptors (Lipinski definition) is 9. The number of hydrogen-bond donors (Lipinski definition) is 2. The Morgan fingerprint density at radius 3 is 2.84 bits per heavy atom. The van der Waals surface area contributed by atoms with Crippen molar-refractivity contribution in [3.05, 3.63) is 42.0 Å². The van der Waals surface area contributed by atoms with E-state index in [1.54, 1.807) is 18.3 Å². The Balaban J connectivity index is 1.58. The number of carbonyl (C=O) groups is 1. The summed E-state index contributed by atoms with van der Waals surface area (Å²) in [6, 6.07) is 5.68. The maximum Gasteiger partial charge on any atom is 0.316 e. The van der Waals surface area contributed by atoms with E-state index in [4.69, 9.17) is 4.74 Å². The monoisotopic (exact) mass is 419 g/mol. The Kier molecular flexibility index (Phi) is 4.79. The average Bonchev–Trinajstić information content (AvgIpc) is 3.27. The number of benzene rings is 1. The maximum atomic E-state index is 13.3. The summed E-state index contributed by atoms with van der Waals surface area (Å²) >= 11 is 0. The number of nitrogens with one attached hydrogen (secondary N) is 2. The van der Waals surface area contributed by atoms with E-state index in [0.717, 1.165) is 42.9 Å². The second kappa shape index (κ2) is 7.76. The predicted molar refractivity (Wildman–Crippen MR) is 115 cm³/mol. The van der Waals surface area contributed by atoms with E-state index >= 15 is 0 Å². The van der Waals surface area contributed by atoms with Gasteiger partial charge in [0, 0.05) is 55.2 Å². The SMILES string of the molecule is COc1ncc2c(N3CCNCC3)ccc(C(=O)Nc3cc(C)nc4ncnn34)c2n1. The van der Waals surface area contributed by atoms with Gasteiger partial charge in [0.05, 0.1) is 18.2 Å². The molecule has 1 saturated heterocycles. The number of aromatic nitrogens is 6. The highest BCUT2D eigenvalue weighted by Crippen LogP contribution is 2.30. The summed E-state index contributed by atoms with van der Waals surface area (Å²) in [5, 5.41) is 11.2. The molecule has 1 aliphatic rings. The molecule has 11 heteroatoms. The van der Waals surface area contributed by atoms with Crippen molar-refractivity contribution in [2.45, 2.75) is 6.92 Å². The van der Waals surface area contributed by atoms with E-state index in [0.29, 0.717) is 22.7 Å². The third-order valence-corrected chi connectivity index (χ3v) is 5.21. The van der Waals surface area contributed by atoms with Crippen molar-refractivity contribution in [2.24, 2.45) is 0 Å². The van der Waals surface area contributed by atoms with Crippen LogP contribution in [0.5, 0.6) is 6.01 Å². The molecule has 3 aromatic heterocycles. The molecule has 31 heavy (non-hydrogen) atoms. The Bertz CT molecular complexity index is 1280. The first-order chi connectivity index (χ1) is 15.1. The standard InChI is InChI=1S/C20H21N9O2/c1-12-9-16(29-19(25-12)23-11-24-29)26-18(30)13-3-4-15(28-7-5-21-6-8-28)14-10-22-20(31-2)27-17(13)14/h3-4,9-11,21H,5-8H2,1-2H3,(H,26,30). The van der Waals surface area contributed by atoms with Crippen LogP contribution in [-0.4, -0.2) is 68.7 Å². The van der Waals surface area contributed by atoms with Gasteiger partial charge in [-0.1, -0.05) is 0 Å². The molecule has 0 atom stereocenters. The second-order valence-corrected chi connectivity index (χ2v) is 7.20. The van der Waals surface area contributed by atoms with Gasteiger partial charge >= 0.3 is 6.01 Å². The minimum atomic E-state index is -0.319. The normalized spacial score (nSPS) is 14.2. The summed E-state index contributed by atoms with van der Waals surface area (Å²) in [5.74, 6) is 0.573. The smallest absolute Gasteiger partial charge is 0.316 e. The molecule has 0 aliphatic carbocycles. The first kappa shape index (κ1) is 19.1. The van der Waals surface area contributed by atoms with Crippen LogP contribution in [0.25, 0.3) is 16.7 Å². The van der Waals surface area contributed by atoms with Crippen LogP contribution in [0.3, 0.4) is 0 Å². The zero-order valence-electron chi connectivity index (χ0n) is 17.2. The Morgan fingerprint density at radius 2 is 2.03 bits per heavy atom. The minimum absolute atomic E-state index is 0.206. The molecule has 1 aliphatic heterocycles. The van der Waals surface area contributed by atoms with Crippen molar-refractivity contribution in [3.8, 4) is 6.01 Å². The number of piperazine rings is 1. The minimum Gasteiger partial charge on any atom is -0.467 e. The molecule has 11 nitrogen and oxygen atoms in total. The van der Waals surface area contributed by atoms with Crippen LogP contribution in [0.1, 0.15) is 16.1 Å². The zero-order chi connectivity index (χ0) is 21.4. The summed E-state index contributed by atoms with van der Waals surface area (Å²) in [6.45, 7) is 5.37. The molecule has 0 saturated carbocycles. The molecule has 0 spiro atoms. The molecule has 5 rings (SSSR count). The molecule has 2 N–H and O–H groups in total. The van der Waals surface area contributed by atoms with Gasteiger partial charge in [0.25, 0.3) is 11.7 Å². The van der Waals surface area contributed by atoms with Crippen LogP contribution in [0.4, 0.5) is 11.5 Å². The molecule has 4 heterocycles. The Morgan fingerprint density at radius 1 is 1.19 bits per heavy atom. The number of aryl methyl sites for hydroxylation is 1. The van der Waals surface area contributed by atoms with E-state index in [1.165, 1.54) is 18.0 Å². The van der Waals surface area contributed by atoms with Crippen LogP contribution < -0.4 is 20.3 Å². The second-order valence-electron chi connectivity index (χ2n) is 7.20. The van der Waals surface area contributed by atoms with Crippen molar-refractivity contribution in [3.63, 3.8) is 0 Å². The van der Waals surface area contributed by atoms with Gasteiger partial charge in [-0.15, -0.1) is 0 Å². The van der Waals surface area contributed by atoms with Crippen LogP contribution in [0.2, 0.25) is 0 Å². The lowest BCUT2D eigenvalue weighted by atomic mass is 10.1. The fourth-order valence-corrected chi connectivity index (χ4v) is 3.76. The zero-order valence-corrected chi connectivity index (χ0v) is 17.2. The third-order valence-electron chi connectivity index (χ3n) is 5.21. The van der Waals surface area contributed by atoms with Crippen LogP contribution in [-0.2, 0) is 0 Å². The molecular weight excluding hydrogens is 398 g/mol. The first-order valence-electron chi connectivity index (χ1n) is 9.92. The van der Waals surface area contributed by atoms with E-state index < -0.39 is 0 Å². The highest BCUT2D eigenvalue weighted by Gasteiger charge is 2.20. The highest BCUT2D eigenvalue weighted by molar-refractivity contribution is 6.13. The number of ether oxygens (including phenoxy) is 1. The summed E-state index contributed by atoms with van der Waals surface area (Å²) < 4.78 is 6.70. The molecule has 4 aromatic rings. The average molecular weight is 419 g/mol. The van der Waals surface area contributed by atoms with Gasteiger partial charge in [-0.3, -0.25) is 4.79 Å². The van der Waals surface area contributed by atoms with E-state index in [-0.39, 0.29) is 11.9 Å². The van der Waals surface area contributed by atoms with Gasteiger partial charge in [0.2, 0.25) is 0 Å². The number of carbonyl (C=O) groups excluding carboxylic acids is 1. The molecule has 0 unspecified atom stereocenters. The number of anilines is 2.